The van der Waals surface area contributed by atoms with Crippen molar-refractivity contribution in [2.75, 3.05) is 7.11 Å². The Morgan fingerprint density at radius 2 is 2.08 bits per heavy atom. The van der Waals surface area contributed by atoms with Crippen LogP contribution in [-0.4, -0.2) is 30.5 Å². The standard InChI is InChI=1S/C20H22ClNO4/c1-5-13(3)26-19-16(21)8-14(9-18(19)25-4)11-22-17-10-15(20(23)24)7-6-12(17)2/h6-11,13H,5H2,1-4H3,(H,23,24)/t13-/m0/s1. The molecule has 0 aliphatic carbocycles. The first-order valence-electron chi connectivity index (χ1n) is 8.27. The fourth-order valence-electron chi connectivity index (χ4n) is 2.24. The van der Waals surface area contributed by atoms with E-state index < -0.39 is 5.97 Å². The lowest BCUT2D eigenvalue weighted by molar-refractivity contribution is 0.0697. The van der Waals surface area contributed by atoms with Gasteiger partial charge in [0, 0.05) is 6.21 Å². The van der Waals surface area contributed by atoms with E-state index >= 15 is 0 Å². The zero-order valence-electron chi connectivity index (χ0n) is 15.2. The molecule has 0 saturated carbocycles. The van der Waals surface area contributed by atoms with E-state index in [1.807, 2.05) is 20.8 Å². The van der Waals surface area contributed by atoms with Gasteiger partial charge in [0.15, 0.2) is 11.5 Å². The van der Waals surface area contributed by atoms with Crippen LogP contribution in [0.4, 0.5) is 5.69 Å². The maximum Gasteiger partial charge on any atom is 0.335 e. The number of nitrogens with zero attached hydrogens (tertiary/aromatic N) is 1. The molecule has 6 heteroatoms. The van der Waals surface area contributed by atoms with Crippen LogP contribution in [0, 0.1) is 6.92 Å². The molecule has 0 amide bonds. The third-order valence-electron chi connectivity index (χ3n) is 3.95. The molecule has 0 aliphatic heterocycles. The molecule has 5 nitrogen and oxygen atoms in total. The number of aryl methyl sites for hydroxylation is 1. The second-order valence-corrected chi connectivity index (χ2v) is 6.34. The van der Waals surface area contributed by atoms with Gasteiger partial charge in [-0.1, -0.05) is 24.6 Å². The van der Waals surface area contributed by atoms with Gasteiger partial charge in [0.1, 0.15) is 0 Å². The molecule has 0 saturated heterocycles. The lowest BCUT2D eigenvalue weighted by atomic mass is 10.1. The molecule has 2 aromatic carbocycles. The summed E-state index contributed by atoms with van der Waals surface area (Å²) in [6.07, 6.45) is 2.49. The van der Waals surface area contributed by atoms with Gasteiger partial charge < -0.3 is 14.6 Å². The molecule has 2 rings (SSSR count). The number of benzene rings is 2. The van der Waals surface area contributed by atoms with E-state index in [-0.39, 0.29) is 11.7 Å². The molecular weight excluding hydrogens is 354 g/mol. The van der Waals surface area contributed by atoms with Crippen LogP contribution < -0.4 is 9.47 Å². The van der Waals surface area contributed by atoms with Crippen LogP contribution in [0.25, 0.3) is 0 Å². The van der Waals surface area contributed by atoms with Gasteiger partial charge in [0.05, 0.1) is 29.5 Å². The first-order chi connectivity index (χ1) is 12.3. The minimum atomic E-state index is -0.988. The Balaban J connectivity index is 2.35. The van der Waals surface area contributed by atoms with Crippen LogP contribution in [0.2, 0.25) is 5.02 Å². The number of carboxylic acid groups (broad SMARTS) is 1. The Hall–Kier alpha value is -2.53. The third kappa shape index (κ3) is 4.76. The van der Waals surface area contributed by atoms with Crippen molar-refractivity contribution in [2.45, 2.75) is 33.3 Å². The molecular formula is C20H22ClNO4. The summed E-state index contributed by atoms with van der Waals surface area (Å²) in [6.45, 7) is 5.86. The molecule has 138 valence electrons. The summed E-state index contributed by atoms with van der Waals surface area (Å²) in [5.74, 6) is 0.0395. The summed E-state index contributed by atoms with van der Waals surface area (Å²) >= 11 is 6.35. The number of aliphatic imine (C=N–C) groups is 1. The second-order valence-electron chi connectivity index (χ2n) is 5.94. The lowest BCUT2D eigenvalue weighted by Gasteiger charge is -2.17. The molecule has 0 aliphatic rings. The molecule has 1 N–H and O–H groups in total. The summed E-state index contributed by atoms with van der Waals surface area (Å²) in [5.41, 5.74) is 2.38. The highest BCUT2D eigenvalue weighted by Crippen LogP contribution is 2.37. The van der Waals surface area contributed by atoms with Crippen molar-refractivity contribution in [1.29, 1.82) is 0 Å². The van der Waals surface area contributed by atoms with E-state index in [9.17, 15) is 4.79 Å². The number of hydrogen-bond acceptors (Lipinski definition) is 4. The predicted molar refractivity (Wildman–Crippen MR) is 104 cm³/mol. The highest BCUT2D eigenvalue weighted by Gasteiger charge is 2.14. The van der Waals surface area contributed by atoms with Crippen molar-refractivity contribution in [3.63, 3.8) is 0 Å². The SMILES string of the molecule is CC[C@H](C)Oc1c(Cl)cc(C=Nc2cc(C(=O)O)ccc2C)cc1OC. The van der Waals surface area contributed by atoms with Gasteiger partial charge in [-0.2, -0.15) is 0 Å². The number of aromatic carboxylic acids is 1. The van der Waals surface area contributed by atoms with Crippen LogP contribution in [0.15, 0.2) is 35.3 Å². The number of methoxy groups -OCH3 is 1. The number of hydrogen-bond donors (Lipinski definition) is 1. The van der Waals surface area contributed by atoms with Gasteiger partial charge >= 0.3 is 5.97 Å². The Bertz CT molecular complexity index is 833. The summed E-state index contributed by atoms with van der Waals surface area (Å²) < 4.78 is 11.2. The topological polar surface area (TPSA) is 68.1 Å². The number of carboxylic acids is 1. The monoisotopic (exact) mass is 375 g/mol. The lowest BCUT2D eigenvalue weighted by Crippen LogP contribution is -2.11. The van der Waals surface area contributed by atoms with Crippen molar-refractivity contribution in [2.24, 2.45) is 4.99 Å². The van der Waals surface area contributed by atoms with Crippen molar-refractivity contribution >= 4 is 29.5 Å². The fourth-order valence-corrected chi connectivity index (χ4v) is 2.50. The zero-order valence-corrected chi connectivity index (χ0v) is 16.0. The van der Waals surface area contributed by atoms with Crippen LogP contribution in [0.5, 0.6) is 11.5 Å². The molecule has 0 radical (unpaired) electrons. The molecule has 0 aromatic heterocycles. The number of halogens is 1. The summed E-state index contributed by atoms with van der Waals surface area (Å²) in [6, 6.07) is 8.34. The molecule has 26 heavy (non-hydrogen) atoms. The molecule has 0 bridgehead atoms. The Morgan fingerprint density at radius 3 is 2.69 bits per heavy atom. The molecule has 2 aromatic rings. The van der Waals surface area contributed by atoms with Gasteiger partial charge in [-0.05, 0) is 55.7 Å². The molecule has 0 fully saturated rings. The largest absolute Gasteiger partial charge is 0.493 e. The van der Waals surface area contributed by atoms with Crippen molar-refractivity contribution in [1.82, 2.24) is 0 Å². The van der Waals surface area contributed by atoms with Gasteiger partial charge in [-0.25, -0.2) is 4.79 Å². The van der Waals surface area contributed by atoms with Crippen LogP contribution in [-0.2, 0) is 0 Å². The Morgan fingerprint density at radius 1 is 1.35 bits per heavy atom. The highest BCUT2D eigenvalue weighted by atomic mass is 35.5. The predicted octanol–water partition coefficient (Wildman–Crippen LogP) is 5.28. The van der Waals surface area contributed by atoms with Gasteiger partial charge in [0.25, 0.3) is 0 Å². The second kappa shape index (κ2) is 8.72. The Kier molecular flexibility index (Phi) is 6.64. The van der Waals surface area contributed by atoms with Gasteiger partial charge in [-0.15, -0.1) is 0 Å². The third-order valence-corrected chi connectivity index (χ3v) is 4.24. The molecule has 0 unspecified atom stereocenters. The summed E-state index contributed by atoms with van der Waals surface area (Å²) in [5, 5.41) is 9.55. The molecule has 0 heterocycles. The first-order valence-corrected chi connectivity index (χ1v) is 8.65. The minimum absolute atomic E-state index is 0.0160. The van der Waals surface area contributed by atoms with Crippen LogP contribution in [0.1, 0.15) is 41.8 Å². The summed E-state index contributed by atoms with van der Waals surface area (Å²) in [4.78, 5) is 15.5. The van der Waals surface area contributed by atoms with Crippen LogP contribution >= 0.6 is 11.6 Å². The molecule has 0 spiro atoms. The van der Waals surface area contributed by atoms with E-state index in [0.717, 1.165) is 17.5 Å². The van der Waals surface area contributed by atoms with Gasteiger partial charge in [0.2, 0.25) is 0 Å². The fraction of sp³-hybridized carbons (Fsp3) is 0.300. The Labute approximate surface area is 158 Å². The average Bonchev–Trinajstić information content (AvgIpc) is 2.62. The quantitative estimate of drug-likeness (QED) is 0.668. The smallest absolute Gasteiger partial charge is 0.335 e. The van der Waals surface area contributed by atoms with E-state index in [0.29, 0.717) is 22.2 Å². The number of rotatable bonds is 7. The highest BCUT2D eigenvalue weighted by molar-refractivity contribution is 6.32. The van der Waals surface area contributed by atoms with Crippen molar-refractivity contribution in [3.05, 3.63) is 52.0 Å². The van der Waals surface area contributed by atoms with E-state index in [1.54, 1.807) is 37.6 Å². The first kappa shape index (κ1) is 19.8. The van der Waals surface area contributed by atoms with E-state index in [1.165, 1.54) is 6.07 Å². The normalized spacial score (nSPS) is 12.2. The minimum Gasteiger partial charge on any atom is -0.493 e. The van der Waals surface area contributed by atoms with Gasteiger partial charge in [-0.3, -0.25) is 4.99 Å². The van der Waals surface area contributed by atoms with Crippen LogP contribution in [0.3, 0.4) is 0 Å². The van der Waals surface area contributed by atoms with Crippen molar-refractivity contribution < 1.29 is 19.4 Å². The zero-order chi connectivity index (χ0) is 19.3. The molecule has 1 atom stereocenters. The number of ether oxygens (including phenoxy) is 2. The van der Waals surface area contributed by atoms with E-state index in [2.05, 4.69) is 4.99 Å². The number of carbonyl (C=O) groups is 1. The summed E-state index contributed by atoms with van der Waals surface area (Å²) in [7, 11) is 1.55. The van der Waals surface area contributed by atoms with E-state index in [4.69, 9.17) is 26.2 Å². The van der Waals surface area contributed by atoms with Crippen molar-refractivity contribution in [3.8, 4) is 11.5 Å². The average molecular weight is 376 g/mol. The maximum absolute atomic E-state index is 11.1. The maximum atomic E-state index is 11.1.